The second-order valence-corrected chi connectivity index (χ2v) is 11.2. The van der Waals surface area contributed by atoms with E-state index in [9.17, 15) is 18.5 Å². The van der Waals surface area contributed by atoms with Crippen LogP contribution in [0.4, 0.5) is 5.00 Å². The topological polar surface area (TPSA) is 98.3 Å². The molecule has 0 aliphatic carbocycles. The van der Waals surface area contributed by atoms with Gasteiger partial charge >= 0.3 is 5.00 Å². The maximum atomic E-state index is 12.7. The van der Waals surface area contributed by atoms with Crippen LogP contribution >= 0.6 is 11.3 Å². The fourth-order valence-corrected chi connectivity index (χ4v) is 6.04. The number of nitro groups is 1. The molecular weight excluding hydrogens is 448 g/mol. The van der Waals surface area contributed by atoms with Crippen LogP contribution in [0.25, 0.3) is 0 Å². The first kappa shape index (κ1) is 22.6. The Morgan fingerprint density at radius 2 is 1.94 bits per heavy atom. The minimum Gasteiger partial charge on any atom is -0.334 e. The van der Waals surface area contributed by atoms with E-state index in [1.165, 1.54) is 0 Å². The van der Waals surface area contributed by atoms with Crippen LogP contribution in [0.3, 0.4) is 0 Å². The van der Waals surface area contributed by atoms with Crippen LogP contribution in [0.1, 0.15) is 35.7 Å². The summed E-state index contributed by atoms with van der Waals surface area (Å²) in [5, 5.41) is 12.9. The fraction of sp³-hybridized carbons (Fsp3) is 0.409. The summed E-state index contributed by atoms with van der Waals surface area (Å²) in [4.78, 5) is 17.7. The highest BCUT2D eigenvalue weighted by atomic mass is 32.2. The molecule has 4 rings (SSSR count). The molecule has 3 aromatic rings. The molecule has 8 nitrogen and oxygen atoms in total. The number of nitrogens with zero attached hydrogens (tertiary/aromatic N) is 4. The van der Waals surface area contributed by atoms with Gasteiger partial charge in [0.2, 0.25) is 0 Å². The lowest BCUT2D eigenvalue weighted by Crippen LogP contribution is -2.33. The molecule has 3 heterocycles. The van der Waals surface area contributed by atoms with Gasteiger partial charge in [-0.25, -0.2) is 13.4 Å². The summed E-state index contributed by atoms with van der Waals surface area (Å²) in [6.45, 7) is 4.78. The predicted octanol–water partition coefficient (Wildman–Crippen LogP) is 4.01. The van der Waals surface area contributed by atoms with Gasteiger partial charge in [0.25, 0.3) is 0 Å². The number of thiophene rings is 1. The Morgan fingerprint density at radius 3 is 2.59 bits per heavy atom. The zero-order chi connectivity index (χ0) is 22.7. The molecular formula is C22H26N4O4S2. The third-order valence-corrected chi connectivity index (χ3v) is 8.55. The number of likely N-dealkylation sites (tertiary alicyclic amines) is 1. The summed E-state index contributed by atoms with van der Waals surface area (Å²) in [5.41, 5.74) is 2.01. The number of benzene rings is 1. The number of sulfone groups is 1. The summed E-state index contributed by atoms with van der Waals surface area (Å²) in [7, 11) is -3.35. The zero-order valence-electron chi connectivity index (χ0n) is 17.9. The molecule has 0 N–H and O–H groups in total. The highest BCUT2D eigenvalue weighted by Gasteiger charge is 2.25. The molecule has 0 amide bonds. The number of hydrogen-bond donors (Lipinski definition) is 0. The van der Waals surface area contributed by atoms with E-state index in [0.29, 0.717) is 18.0 Å². The molecule has 1 fully saturated rings. The van der Waals surface area contributed by atoms with E-state index in [0.717, 1.165) is 54.2 Å². The van der Waals surface area contributed by atoms with E-state index >= 15 is 0 Å². The Hall–Kier alpha value is -2.56. The smallest absolute Gasteiger partial charge is 0.324 e. The number of imidazole rings is 1. The number of aryl methyl sites for hydroxylation is 2. The van der Waals surface area contributed by atoms with Crippen molar-refractivity contribution < 1.29 is 13.3 Å². The molecule has 0 unspecified atom stereocenters. The molecule has 0 bridgehead atoms. The Bertz CT molecular complexity index is 1180. The number of rotatable bonds is 8. The van der Waals surface area contributed by atoms with Gasteiger partial charge in [0.1, 0.15) is 5.82 Å². The number of piperidine rings is 1. The summed E-state index contributed by atoms with van der Waals surface area (Å²) in [6, 6.07) is 8.61. The molecule has 170 valence electrons. The van der Waals surface area contributed by atoms with E-state index < -0.39 is 9.84 Å². The first-order chi connectivity index (χ1) is 15.3. The lowest BCUT2D eigenvalue weighted by atomic mass is 9.95. The van der Waals surface area contributed by atoms with Gasteiger partial charge in [0, 0.05) is 42.8 Å². The van der Waals surface area contributed by atoms with Gasteiger partial charge in [-0.3, -0.25) is 15.0 Å². The first-order valence-corrected chi connectivity index (χ1v) is 13.1. The molecule has 0 saturated carbocycles. The SMILES string of the molecule is Cc1ccc(S(=O)(=O)CCn2ccnc2C2CCN(Cc3csc([N+](=O)[O-])c3)CC2)cc1. The zero-order valence-corrected chi connectivity index (χ0v) is 19.5. The van der Waals surface area contributed by atoms with Crippen LogP contribution in [0.2, 0.25) is 0 Å². The largest absolute Gasteiger partial charge is 0.334 e. The monoisotopic (exact) mass is 474 g/mol. The first-order valence-electron chi connectivity index (χ1n) is 10.6. The average molecular weight is 475 g/mol. The van der Waals surface area contributed by atoms with Crippen LogP contribution in [0, 0.1) is 17.0 Å². The van der Waals surface area contributed by atoms with Crippen molar-refractivity contribution in [2.45, 2.75) is 43.7 Å². The lowest BCUT2D eigenvalue weighted by molar-refractivity contribution is -0.380. The number of hydrogen-bond acceptors (Lipinski definition) is 7. The Kier molecular flexibility index (Phi) is 6.73. The molecule has 10 heteroatoms. The van der Waals surface area contributed by atoms with Crippen molar-refractivity contribution in [3.8, 4) is 0 Å². The molecule has 1 aliphatic rings. The van der Waals surface area contributed by atoms with E-state index in [-0.39, 0.29) is 21.6 Å². The molecule has 1 aliphatic heterocycles. The van der Waals surface area contributed by atoms with Crippen LogP contribution < -0.4 is 0 Å². The molecule has 0 radical (unpaired) electrons. The van der Waals surface area contributed by atoms with Crippen molar-refractivity contribution in [1.82, 2.24) is 14.5 Å². The van der Waals surface area contributed by atoms with E-state index in [1.54, 1.807) is 24.4 Å². The average Bonchev–Trinajstić information content (AvgIpc) is 3.43. The standard InChI is InChI=1S/C22H26N4O4S2/c1-17-2-4-20(5-3-17)32(29,30)13-12-25-11-8-23-22(25)19-6-9-24(10-7-19)15-18-14-21(26(27)28)31-16-18/h2-5,8,11,14,16,19H,6-7,9-10,12-13,15H2,1H3. The lowest BCUT2D eigenvalue weighted by Gasteiger charge is -2.31. The molecule has 0 atom stereocenters. The van der Waals surface area contributed by atoms with Crippen molar-refractivity contribution in [2.75, 3.05) is 18.8 Å². The normalized spacial score (nSPS) is 15.8. The minimum absolute atomic E-state index is 0.0369. The number of aromatic nitrogens is 2. The predicted molar refractivity (Wildman–Crippen MR) is 124 cm³/mol. The summed E-state index contributed by atoms with van der Waals surface area (Å²) in [6.07, 6.45) is 5.45. The van der Waals surface area contributed by atoms with Gasteiger partial charge < -0.3 is 4.57 Å². The van der Waals surface area contributed by atoms with Crippen molar-refractivity contribution in [2.24, 2.45) is 0 Å². The van der Waals surface area contributed by atoms with Crippen LogP contribution in [-0.4, -0.2) is 46.6 Å². The van der Waals surface area contributed by atoms with Crippen LogP contribution in [-0.2, 0) is 22.9 Å². The van der Waals surface area contributed by atoms with E-state index in [4.69, 9.17) is 0 Å². The third-order valence-electron chi connectivity index (χ3n) is 5.91. The van der Waals surface area contributed by atoms with Crippen molar-refractivity contribution in [3.05, 3.63) is 75.2 Å². The fourth-order valence-electron chi connectivity index (χ4n) is 4.10. The summed E-state index contributed by atoms with van der Waals surface area (Å²) in [5.74, 6) is 1.25. The third kappa shape index (κ3) is 5.25. The van der Waals surface area contributed by atoms with Gasteiger partial charge in [0.15, 0.2) is 9.84 Å². The summed E-state index contributed by atoms with van der Waals surface area (Å²) >= 11 is 1.16. The van der Waals surface area contributed by atoms with Gasteiger partial charge in [-0.15, -0.1) is 0 Å². The molecule has 1 saturated heterocycles. The Balaban J connectivity index is 1.33. The quantitative estimate of drug-likeness (QED) is 0.361. The van der Waals surface area contributed by atoms with Crippen molar-refractivity contribution >= 4 is 26.2 Å². The summed E-state index contributed by atoms with van der Waals surface area (Å²) < 4.78 is 27.4. The minimum atomic E-state index is -3.35. The molecule has 0 spiro atoms. The van der Waals surface area contributed by atoms with Crippen molar-refractivity contribution in [1.29, 1.82) is 0 Å². The van der Waals surface area contributed by atoms with Gasteiger partial charge in [-0.1, -0.05) is 29.0 Å². The molecule has 2 aromatic heterocycles. The van der Waals surface area contributed by atoms with Gasteiger partial charge in [0.05, 0.1) is 15.6 Å². The van der Waals surface area contributed by atoms with E-state index in [1.807, 2.05) is 35.2 Å². The molecule has 1 aromatic carbocycles. The second kappa shape index (κ2) is 9.51. The maximum absolute atomic E-state index is 12.7. The molecule has 32 heavy (non-hydrogen) atoms. The Labute approximate surface area is 191 Å². The van der Waals surface area contributed by atoms with Gasteiger partial charge in [-0.2, -0.15) is 0 Å². The van der Waals surface area contributed by atoms with Crippen molar-refractivity contribution in [3.63, 3.8) is 0 Å². The Morgan fingerprint density at radius 1 is 1.22 bits per heavy atom. The van der Waals surface area contributed by atoms with Crippen LogP contribution in [0.15, 0.2) is 53.0 Å². The second-order valence-electron chi connectivity index (χ2n) is 8.21. The van der Waals surface area contributed by atoms with Gasteiger partial charge in [-0.05, 0) is 50.6 Å². The van der Waals surface area contributed by atoms with Crippen LogP contribution in [0.5, 0.6) is 0 Å². The highest BCUT2D eigenvalue weighted by molar-refractivity contribution is 7.91. The maximum Gasteiger partial charge on any atom is 0.324 e. The van der Waals surface area contributed by atoms with E-state index in [2.05, 4.69) is 9.88 Å². The highest BCUT2D eigenvalue weighted by Crippen LogP contribution is 2.29.